The number of H-pyrrole nitrogens is 3. The molecule has 2 heterocycles. The third-order valence-electron chi connectivity index (χ3n) is 4.33. The number of nitrogens with zero attached hydrogens (tertiary/aromatic N) is 1. The number of fused-ring (bicyclic) bond motifs is 2. The summed E-state index contributed by atoms with van der Waals surface area (Å²) in [4.78, 5) is 44.6. The van der Waals surface area contributed by atoms with Gasteiger partial charge in [0, 0.05) is 17.8 Å². The van der Waals surface area contributed by atoms with Crippen molar-refractivity contribution in [2.75, 3.05) is 5.32 Å². The summed E-state index contributed by atoms with van der Waals surface area (Å²) < 4.78 is 1.78. The number of amides is 1. The number of hydrogen-bond acceptors (Lipinski definition) is 4. The Hall–Kier alpha value is -3.46. The molecule has 1 amide bonds. The monoisotopic (exact) mass is 381 g/mol. The molecule has 0 aliphatic carbocycles. The van der Waals surface area contributed by atoms with Crippen LogP contribution in [0.15, 0.2) is 46.0 Å². The van der Waals surface area contributed by atoms with Crippen molar-refractivity contribution in [3.05, 3.63) is 67.6 Å². The van der Waals surface area contributed by atoms with E-state index in [9.17, 15) is 14.4 Å². The molecule has 0 radical (unpaired) electrons. The third-order valence-corrected chi connectivity index (χ3v) is 4.66. The number of hydrogen-bond donors (Lipinski definition) is 4. The standard InChI is InChI=1S/C18H15N5O3S/c1-2-23-16(25)11-5-3-9(7-13(11)22-18(23)27)15(24)19-10-4-6-12-14(8-10)21-17(26)20-12/h3-8H,2H2,1H3,(H,19,24)(H,22,27)(H2,20,21,26). The smallest absolute Gasteiger partial charge is 0.323 e. The van der Waals surface area contributed by atoms with Gasteiger partial charge in [0.2, 0.25) is 0 Å². The number of aromatic nitrogens is 4. The summed E-state index contributed by atoms with van der Waals surface area (Å²) in [6.07, 6.45) is 0. The maximum Gasteiger partial charge on any atom is 0.323 e. The van der Waals surface area contributed by atoms with Gasteiger partial charge in [-0.15, -0.1) is 0 Å². The summed E-state index contributed by atoms with van der Waals surface area (Å²) >= 11 is 5.20. The normalized spacial score (nSPS) is 11.1. The van der Waals surface area contributed by atoms with Crippen LogP contribution in [0.25, 0.3) is 21.9 Å². The summed E-state index contributed by atoms with van der Waals surface area (Å²) in [6, 6.07) is 9.85. The van der Waals surface area contributed by atoms with Crippen molar-refractivity contribution >= 4 is 45.7 Å². The lowest BCUT2D eigenvalue weighted by molar-refractivity contribution is 0.102. The van der Waals surface area contributed by atoms with Gasteiger partial charge in [0.15, 0.2) is 4.77 Å². The van der Waals surface area contributed by atoms with E-state index in [4.69, 9.17) is 12.2 Å². The van der Waals surface area contributed by atoms with Gasteiger partial charge >= 0.3 is 5.69 Å². The summed E-state index contributed by atoms with van der Waals surface area (Å²) in [5.74, 6) is -0.340. The van der Waals surface area contributed by atoms with E-state index in [1.165, 1.54) is 4.57 Å². The van der Waals surface area contributed by atoms with Crippen LogP contribution in [0.5, 0.6) is 0 Å². The van der Waals surface area contributed by atoms with Crippen LogP contribution in [0.3, 0.4) is 0 Å². The second-order valence-electron chi connectivity index (χ2n) is 6.03. The highest BCUT2D eigenvalue weighted by atomic mass is 32.1. The van der Waals surface area contributed by atoms with E-state index < -0.39 is 0 Å². The molecule has 0 aliphatic heterocycles. The van der Waals surface area contributed by atoms with E-state index in [0.29, 0.717) is 44.5 Å². The van der Waals surface area contributed by atoms with Gasteiger partial charge in [0.05, 0.1) is 21.9 Å². The highest BCUT2D eigenvalue weighted by Crippen LogP contribution is 2.17. The first-order valence-corrected chi connectivity index (χ1v) is 8.67. The van der Waals surface area contributed by atoms with Crippen LogP contribution in [-0.2, 0) is 6.54 Å². The van der Waals surface area contributed by atoms with Crippen molar-refractivity contribution in [1.82, 2.24) is 19.5 Å². The summed E-state index contributed by atoms with van der Waals surface area (Å²) in [7, 11) is 0. The lowest BCUT2D eigenvalue weighted by Crippen LogP contribution is -2.21. The van der Waals surface area contributed by atoms with Crippen molar-refractivity contribution in [2.45, 2.75) is 13.5 Å². The molecule has 4 N–H and O–H groups in total. The topological polar surface area (TPSA) is 116 Å². The van der Waals surface area contributed by atoms with Crippen LogP contribution >= 0.6 is 12.2 Å². The Morgan fingerprint density at radius 3 is 2.59 bits per heavy atom. The zero-order valence-electron chi connectivity index (χ0n) is 14.3. The number of carbonyl (C=O) groups is 1. The quantitative estimate of drug-likeness (QED) is 0.408. The number of benzene rings is 2. The largest absolute Gasteiger partial charge is 0.332 e. The lowest BCUT2D eigenvalue weighted by Gasteiger charge is -2.08. The van der Waals surface area contributed by atoms with E-state index in [-0.39, 0.29) is 17.2 Å². The zero-order valence-corrected chi connectivity index (χ0v) is 15.1. The highest BCUT2D eigenvalue weighted by molar-refractivity contribution is 7.71. The van der Waals surface area contributed by atoms with Gasteiger partial charge in [-0.25, -0.2) is 4.79 Å². The Bertz CT molecular complexity index is 1380. The van der Waals surface area contributed by atoms with Gasteiger partial charge in [0.25, 0.3) is 11.5 Å². The van der Waals surface area contributed by atoms with Gasteiger partial charge in [-0.3, -0.25) is 14.2 Å². The fourth-order valence-electron chi connectivity index (χ4n) is 3.00. The maximum atomic E-state index is 12.6. The molecule has 0 saturated carbocycles. The minimum Gasteiger partial charge on any atom is -0.332 e. The first-order valence-electron chi connectivity index (χ1n) is 8.26. The molecular formula is C18H15N5O3S. The number of aromatic amines is 3. The number of carbonyl (C=O) groups excluding carboxylic acids is 1. The molecule has 0 spiro atoms. The van der Waals surface area contributed by atoms with Crippen LogP contribution in [-0.4, -0.2) is 25.4 Å². The molecule has 27 heavy (non-hydrogen) atoms. The predicted octanol–water partition coefficient (Wildman–Crippen LogP) is 2.50. The highest BCUT2D eigenvalue weighted by Gasteiger charge is 2.11. The van der Waals surface area contributed by atoms with E-state index in [1.807, 2.05) is 6.92 Å². The summed E-state index contributed by atoms with van der Waals surface area (Å²) in [6.45, 7) is 2.31. The molecule has 0 aliphatic rings. The summed E-state index contributed by atoms with van der Waals surface area (Å²) in [5.41, 5.74) is 2.18. The van der Waals surface area contributed by atoms with Crippen molar-refractivity contribution in [3.63, 3.8) is 0 Å². The molecule has 0 saturated heterocycles. The molecule has 0 fully saturated rings. The van der Waals surface area contributed by atoms with E-state index in [2.05, 4.69) is 20.3 Å². The van der Waals surface area contributed by atoms with Gasteiger partial charge in [0.1, 0.15) is 0 Å². The Morgan fingerprint density at radius 2 is 1.81 bits per heavy atom. The molecule has 4 rings (SSSR count). The molecule has 4 aromatic rings. The van der Waals surface area contributed by atoms with Crippen molar-refractivity contribution in [1.29, 1.82) is 0 Å². The van der Waals surface area contributed by atoms with Gasteiger partial charge in [-0.2, -0.15) is 0 Å². The average molecular weight is 381 g/mol. The third kappa shape index (κ3) is 2.97. The number of nitrogens with one attached hydrogen (secondary N) is 4. The van der Waals surface area contributed by atoms with Crippen LogP contribution < -0.4 is 16.6 Å². The second-order valence-corrected chi connectivity index (χ2v) is 6.42. The van der Waals surface area contributed by atoms with Crippen LogP contribution in [0.2, 0.25) is 0 Å². The minimum absolute atomic E-state index is 0.190. The molecular weight excluding hydrogens is 366 g/mol. The first-order chi connectivity index (χ1) is 13.0. The predicted molar refractivity (Wildman–Crippen MR) is 106 cm³/mol. The minimum atomic E-state index is -0.340. The molecule has 0 atom stereocenters. The molecule has 2 aromatic carbocycles. The number of anilines is 1. The molecule has 0 bridgehead atoms. The lowest BCUT2D eigenvalue weighted by atomic mass is 10.1. The number of rotatable bonds is 3. The SMILES string of the molecule is CCn1c(=S)[nH]c2cc(C(=O)Nc3ccc4[nH]c(=O)[nH]c4c3)ccc2c1=O. The van der Waals surface area contributed by atoms with Crippen molar-refractivity contribution < 1.29 is 4.79 Å². The fourth-order valence-corrected chi connectivity index (χ4v) is 3.32. The van der Waals surface area contributed by atoms with Crippen LogP contribution in [0.4, 0.5) is 5.69 Å². The first kappa shape index (κ1) is 17.0. The maximum absolute atomic E-state index is 12.6. The van der Waals surface area contributed by atoms with E-state index in [0.717, 1.165) is 0 Å². The fraction of sp³-hybridized carbons (Fsp3) is 0.111. The van der Waals surface area contributed by atoms with Gasteiger partial charge < -0.3 is 20.3 Å². The Kier molecular flexibility index (Phi) is 4.00. The van der Waals surface area contributed by atoms with Crippen molar-refractivity contribution in [3.8, 4) is 0 Å². The van der Waals surface area contributed by atoms with Crippen LogP contribution in [0, 0.1) is 4.77 Å². The molecule has 136 valence electrons. The second kappa shape index (κ2) is 6.36. The molecule has 8 nitrogen and oxygen atoms in total. The Morgan fingerprint density at radius 1 is 1.04 bits per heavy atom. The van der Waals surface area contributed by atoms with Crippen LogP contribution in [0.1, 0.15) is 17.3 Å². The zero-order chi connectivity index (χ0) is 19.1. The van der Waals surface area contributed by atoms with Gasteiger partial charge in [-0.05, 0) is 55.5 Å². The Balaban J connectivity index is 1.70. The molecule has 9 heteroatoms. The van der Waals surface area contributed by atoms with E-state index in [1.54, 1.807) is 36.4 Å². The average Bonchev–Trinajstić information content (AvgIpc) is 3.00. The van der Waals surface area contributed by atoms with Gasteiger partial charge in [-0.1, -0.05) is 0 Å². The number of imidazole rings is 1. The molecule has 0 unspecified atom stereocenters. The van der Waals surface area contributed by atoms with E-state index >= 15 is 0 Å². The summed E-state index contributed by atoms with van der Waals surface area (Å²) in [5, 5.41) is 3.24. The molecule has 2 aromatic heterocycles. The Labute approximate surface area is 156 Å². The van der Waals surface area contributed by atoms with Crippen molar-refractivity contribution in [2.24, 2.45) is 0 Å².